The van der Waals surface area contributed by atoms with Crippen LogP contribution in [0.25, 0.3) is 0 Å². The van der Waals surface area contributed by atoms with Crippen LogP contribution < -0.4 is 5.32 Å². The van der Waals surface area contributed by atoms with Gasteiger partial charge in [0, 0.05) is 4.47 Å². The standard InChI is InChI=1S/C14H10BrClFNO/c15-10-5-6-13(11(16)8-10)18-14(19)7-9-3-1-2-4-12(9)17/h1-6,8H,7H2,(H,18,19). The number of carbonyl (C=O) groups is 1. The molecule has 0 spiro atoms. The molecule has 0 saturated carbocycles. The zero-order valence-corrected chi connectivity index (χ0v) is 12.1. The molecule has 1 N–H and O–H groups in total. The van der Waals surface area contributed by atoms with Crippen molar-refractivity contribution in [2.24, 2.45) is 0 Å². The Morgan fingerprint density at radius 1 is 1.26 bits per heavy atom. The lowest BCUT2D eigenvalue weighted by Gasteiger charge is -2.08. The van der Waals surface area contributed by atoms with Crippen molar-refractivity contribution in [3.8, 4) is 0 Å². The summed E-state index contributed by atoms with van der Waals surface area (Å²) in [7, 11) is 0. The second kappa shape index (κ2) is 6.17. The molecule has 2 nitrogen and oxygen atoms in total. The van der Waals surface area contributed by atoms with E-state index in [-0.39, 0.29) is 18.1 Å². The van der Waals surface area contributed by atoms with Crippen molar-refractivity contribution < 1.29 is 9.18 Å². The number of nitrogens with one attached hydrogen (secondary N) is 1. The summed E-state index contributed by atoms with van der Waals surface area (Å²) in [6.45, 7) is 0. The van der Waals surface area contributed by atoms with Crippen LogP contribution in [0.3, 0.4) is 0 Å². The summed E-state index contributed by atoms with van der Waals surface area (Å²) in [5.41, 5.74) is 0.861. The van der Waals surface area contributed by atoms with Gasteiger partial charge in [0.15, 0.2) is 0 Å². The Morgan fingerprint density at radius 3 is 2.68 bits per heavy atom. The second-order valence-electron chi connectivity index (χ2n) is 3.94. The van der Waals surface area contributed by atoms with Crippen molar-refractivity contribution in [2.75, 3.05) is 5.32 Å². The highest BCUT2D eigenvalue weighted by molar-refractivity contribution is 9.10. The van der Waals surface area contributed by atoms with E-state index in [1.807, 2.05) is 0 Å². The number of rotatable bonds is 3. The first-order chi connectivity index (χ1) is 9.06. The molecule has 0 aliphatic rings. The molecule has 2 aromatic rings. The lowest BCUT2D eigenvalue weighted by Crippen LogP contribution is -2.15. The third kappa shape index (κ3) is 3.78. The van der Waals surface area contributed by atoms with Gasteiger partial charge in [-0.1, -0.05) is 45.7 Å². The number of benzene rings is 2. The molecule has 0 heterocycles. The highest BCUT2D eigenvalue weighted by Gasteiger charge is 2.09. The smallest absolute Gasteiger partial charge is 0.228 e. The predicted octanol–water partition coefficient (Wildman–Crippen LogP) is 4.42. The molecule has 0 atom stereocenters. The van der Waals surface area contributed by atoms with E-state index in [4.69, 9.17) is 11.6 Å². The largest absolute Gasteiger partial charge is 0.324 e. The van der Waals surface area contributed by atoms with Gasteiger partial charge in [0.2, 0.25) is 5.91 Å². The summed E-state index contributed by atoms with van der Waals surface area (Å²) in [6, 6.07) is 11.3. The minimum atomic E-state index is -0.389. The van der Waals surface area contributed by atoms with Gasteiger partial charge in [-0.05, 0) is 29.8 Å². The molecule has 0 bridgehead atoms. The molecule has 0 aromatic heterocycles. The van der Waals surface area contributed by atoms with Crippen molar-refractivity contribution in [3.63, 3.8) is 0 Å². The van der Waals surface area contributed by atoms with Crippen LogP contribution in [0.15, 0.2) is 46.9 Å². The van der Waals surface area contributed by atoms with E-state index in [9.17, 15) is 9.18 Å². The zero-order chi connectivity index (χ0) is 13.8. The predicted molar refractivity (Wildman–Crippen MR) is 77.9 cm³/mol. The molecule has 2 aromatic carbocycles. The van der Waals surface area contributed by atoms with Crippen LogP contribution in [0.4, 0.5) is 10.1 Å². The lowest BCUT2D eigenvalue weighted by atomic mass is 10.1. The van der Waals surface area contributed by atoms with Crippen molar-refractivity contribution in [1.82, 2.24) is 0 Å². The molecular formula is C14H10BrClFNO. The van der Waals surface area contributed by atoms with Gasteiger partial charge in [-0.25, -0.2) is 4.39 Å². The second-order valence-corrected chi connectivity index (χ2v) is 5.26. The maximum Gasteiger partial charge on any atom is 0.228 e. The van der Waals surface area contributed by atoms with E-state index >= 15 is 0 Å². The Kier molecular flexibility index (Phi) is 4.56. The summed E-state index contributed by atoms with van der Waals surface area (Å²) < 4.78 is 14.2. The fourth-order valence-corrected chi connectivity index (χ4v) is 2.32. The van der Waals surface area contributed by atoms with E-state index in [0.717, 1.165) is 4.47 Å². The van der Waals surface area contributed by atoms with Crippen LogP contribution in [0.2, 0.25) is 5.02 Å². The zero-order valence-electron chi connectivity index (χ0n) is 9.79. The average molecular weight is 343 g/mol. The lowest BCUT2D eigenvalue weighted by molar-refractivity contribution is -0.115. The molecule has 0 aliphatic carbocycles. The topological polar surface area (TPSA) is 29.1 Å². The molecule has 0 aliphatic heterocycles. The number of carbonyl (C=O) groups excluding carboxylic acids is 1. The van der Waals surface area contributed by atoms with Crippen LogP contribution in [0.5, 0.6) is 0 Å². The van der Waals surface area contributed by atoms with E-state index < -0.39 is 0 Å². The molecule has 0 fully saturated rings. The summed E-state index contributed by atoms with van der Waals surface area (Å²) in [6.07, 6.45) is -0.0287. The molecule has 0 saturated heterocycles. The van der Waals surface area contributed by atoms with E-state index in [1.165, 1.54) is 6.07 Å². The minimum absolute atomic E-state index is 0.0287. The van der Waals surface area contributed by atoms with Gasteiger partial charge < -0.3 is 5.32 Å². The molecular weight excluding hydrogens is 333 g/mol. The van der Waals surface area contributed by atoms with Gasteiger partial charge in [0.1, 0.15) is 5.82 Å². The van der Waals surface area contributed by atoms with Gasteiger partial charge in [-0.15, -0.1) is 0 Å². The first-order valence-corrected chi connectivity index (χ1v) is 6.71. The van der Waals surface area contributed by atoms with Gasteiger partial charge in [-0.3, -0.25) is 4.79 Å². The molecule has 5 heteroatoms. The number of anilines is 1. The minimum Gasteiger partial charge on any atom is -0.324 e. The third-order valence-corrected chi connectivity index (χ3v) is 3.32. The molecule has 0 radical (unpaired) electrons. The Labute approximate surface area is 123 Å². The van der Waals surface area contributed by atoms with Gasteiger partial charge in [0.25, 0.3) is 0 Å². The highest BCUT2D eigenvalue weighted by Crippen LogP contribution is 2.25. The summed E-state index contributed by atoms with van der Waals surface area (Å²) >= 11 is 9.27. The van der Waals surface area contributed by atoms with E-state index in [0.29, 0.717) is 16.3 Å². The third-order valence-electron chi connectivity index (χ3n) is 2.51. The maximum atomic E-state index is 13.4. The van der Waals surface area contributed by atoms with Crippen LogP contribution in [0.1, 0.15) is 5.56 Å². The Bertz CT molecular complexity index is 618. The number of halogens is 3. The molecule has 1 amide bonds. The van der Waals surface area contributed by atoms with Crippen LogP contribution in [-0.4, -0.2) is 5.91 Å². The fourth-order valence-electron chi connectivity index (χ4n) is 1.60. The normalized spacial score (nSPS) is 10.3. The highest BCUT2D eigenvalue weighted by atomic mass is 79.9. The summed E-state index contributed by atoms with van der Waals surface area (Å²) in [5.74, 6) is -0.700. The van der Waals surface area contributed by atoms with Gasteiger partial charge in [-0.2, -0.15) is 0 Å². The average Bonchev–Trinajstić information content (AvgIpc) is 2.36. The van der Waals surface area contributed by atoms with Crippen molar-refractivity contribution >= 4 is 39.1 Å². The van der Waals surface area contributed by atoms with Crippen molar-refractivity contribution in [1.29, 1.82) is 0 Å². The van der Waals surface area contributed by atoms with Gasteiger partial charge in [0.05, 0.1) is 17.1 Å². The van der Waals surface area contributed by atoms with E-state index in [2.05, 4.69) is 21.2 Å². The number of amides is 1. The summed E-state index contributed by atoms with van der Waals surface area (Å²) in [4.78, 5) is 11.8. The van der Waals surface area contributed by atoms with Gasteiger partial charge >= 0.3 is 0 Å². The Balaban J connectivity index is 2.08. The Morgan fingerprint density at radius 2 is 2.00 bits per heavy atom. The van der Waals surface area contributed by atoms with Crippen LogP contribution >= 0.6 is 27.5 Å². The fraction of sp³-hybridized carbons (Fsp3) is 0.0714. The molecule has 19 heavy (non-hydrogen) atoms. The number of hydrogen-bond donors (Lipinski definition) is 1. The molecule has 98 valence electrons. The number of hydrogen-bond acceptors (Lipinski definition) is 1. The van der Waals surface area contributed by atoms with Crippen molar-refractivity contribution in [2.45, 2.75) is 6.42 Å². The first-order valence-electron chi connectivity index (χ1n) is 5.54. The summed E-state index contributed by atoms with van der Waals surface area (Å²) in [5, 5.41) is 3.08. The SMILES string of the molecule is O=C(Cc1ccccc1F)Nc1ccc(Br)cc1Cl. The van der Waals surface area contributed by atoms with Crippen LogP contribution in [-0.2, 0) is 11.2 Å². The van der Waals surface area contributed by atoms with Crippen LogP contribution in [0, 0.1) is 5.82 Å². The van der Waals surface area contributed by atoms with Crippen molar-refractivity contribution in [3.05, 3.63) is 63.3 Å². The monoisotopic (exact) mass is 341 g/mol. The quantitative estimate of drug-likeness (QED) is 0.879. The first kappa shape index (κ1) is 14.0. The molecule has 0 unspecified atom stereocenters. The van der Waals surface area contributed by atoms with E-state index in [1.54, 1.807) is 36.4 Å². The Hall–Kier alpha value is -1.39. The molecule has 2 rings (SSSR count). The maximum absolute atomic E-state index is 13.4.